The summed E-state index contributed by atoms with van der Waals surface area (Å²) >= 11 is 0. The van der Waals surface area contributed by atoms with Crippen LogP contribution in [0.5, 0.6) is 0 Å². The van der Waals surface area contributed by atoms with Crippen molar-refractivity contribution >= 4 is 10.0 Å². The molecule has 0 bridgehead atoms. The average Bonchev–Trinajstić information content (AvgIpc) is 3.10. The van der Waals surface area contributed by atoms with E-state index in [1.165, 1.54) is 12.8 Å². The van der Waals surface area contributed by atoms with Crippen molar-refractivity contribution in [2.75, 3.05) is 26.3 Å². The van der Waals surface area contributed by atoms with Gasteiger partial charge in [0.25, 0.3) is 0 Å². The van der Waals surface area contributed by atoms with Gasteiger partial charge in [0.1, 0.15) is 0 Å². The maximum Gasteiger partial charge on any atom is 0.218 e. The Bertz CT molecular complexity index is 354. The third-order valence-electron chi connectivity index (χ3n) is 3.41. The van der Waals surface area contributed by atoms with Crippen molar-refractivity contribution in [1.29, 1.82) is 0 Å². The minimum Gasteiger partial charge on any atom is -0.378 e. The zero-order valence-corrected chi connectivity index (χ0v) is 11.4. The van der Waals surface area contributed by atoms with E-state index >= 15 is 0 Å². The van der Waals surface area contributed by atoms with E-state index in [2.05, 4.69) is 5.32 Å². The lowest BCUT2D eigenvalue weighted by Gasteiger charge is -2.34. The molecule has 1 heterocycles. The monoisotopic (exact) mass is 262 g/mol. The number of hydrogen-bond donors (Lipinski definition) is 1. The summed E-state index contributed by atoms with van der Waals surface area (Å²) < 4.78 is 31.6. The van der Waals surface area contributed by atoms with Gasteiger partial charge in [-0.1, -0.05) is 0 Å². The van der Waals surface area contributed by atoms with Gasteiger partial charge >= 0.3 is 0 Å². The SMILES string of the molecule is CC1COCCN1S(=O)(=O)C(C)CNC1CC1. The van der Waals surface area contributed by atoms with Crippen molar-refractivity contribution in [3.8, 4) is 0 Å². The molecule has 0 aromatic carbocycles. The maximum atomic E-state index is 12.4. The van der Waals surface area contributed by atoms with Crippen LogP contribution in [0.2, 0.25) is 0 Å². The molecule has 2 atom stereocenters. The number of hydrogen-bond acceptors (Lipinski definition) is 4. The normalized spacial score (nSPS) is 29.2. The van der Waals surface area contributed by atoms with Crippen LogP contribution in [-0.2, 0) is 14.8 Å². The first kappa shape index (κ1) is 13.3. The summed E-state index contributed by atoms with van der Waals surface area (Å²) in [5.41, 5.74) is 0. The van der Waals surface area contributed by atoms with Gasteiger partial charge in [-0.25, -0.2) is 8.42 Å². The standard InChI is InChI=1S/C11H22N2O3S/c1-9-8-16-6-5-13(9)17(14,15)10(2)7-12-11-3-4-11/h9-12H,3-8H2,1-2H3. The summed E-state index contributed by atoms with van der Waals surface area (Å²) in [6.45, 7) is 5.73. The summed E-state index contributed by atoms with van der Waals surface area (Å²) in [6.07, 6.45) is 2.36. The number of rotatable bonds is 5. The van der Waals surface area contributed by atoms with Crippen molar-refractivity contribution in [3.63, 3.8) is 0 Å². The second kappa shape index (κ2) is 5.22. The molecule has 1 aliphatic heterocycles. The highest BCUT2D eigenvalue weighted by Crippen LogP contribution is 2.20. The lowest BCUT2D eigenvalue weighted by Crippen LogP contribution is -2.51. The van der Waals surface area contributed by atoms with Gasteiger partial charge in [0.2, 0.25) is 10.0 Å². The van der Waals surface area contributed by atoms with Crippen LogP contribution in [0.25, 0.3) is 0 Å². The van der Waals surface area contributed by atoms with Crippen molar-refractivity contribution in [1.82, 2.24) is 9.62 Å². The molecule has 100 valence electrons. The zero-order valence-electron chi connectivity index (χ0n) is 10.6. The van der Waals surface area contributed by atoms with Crippen molar-refractivity contribution in [2.45, 2.75) is 44.0 Å². The Morgan fingerprint density at radius 3 is 2.76 bits per heavy atom. The molecule has 1 aliphatic carbocycles. The van der Waals surface area contributed by atoms with Crippen LogP contribution in [0.1, 0.15) is 26.7 Å². The highest BCUT2D eigenvalue weighted by Gasteiger charge is 2.34. The second-order valence-electron chi connectivity index (χ2n) is 5.07. The molecule has 2 aliphatic rings. The van der Waals surface area contributed by atoms with E-state index in [0.717, 1.165) is 0 Å². The van der Waals surface area contributed by atoms with E-state index in [9.17, 15) is 8.42 Å². The molecule has 0 amide bonds. The summed E-state index contributed by atoms with van der Waals surface area (Å²) in [6, 6.07) is 0.506. The molecule has 2 rings (SSSR count). The van der Waals surface area contributed by atoms with Crippen LogP contribution in [0.15, 0.2) is 0 Å². The van der Waals surface area contributed by atoms with Gasteiger partial charge in [-0.15, -0.1) is 0 Å². The van der Waals surface area contributed by atoms with E-state index in [0.29, 0.717) is 32.3 Å². The molecular weight excluding hydrogens is 240 g/mol. The number of sulfonamides is 1. The van der Waals surface area contributed by atoms with Gasteiger partial charge in [0.05, 0.1) is 18.5 Å². The predicted molar refractivity (Wildman–Crippen MR) is 66.4 cm³/mol. The highest BCUT2D eigenvalue weighted by atomic mass is 32.2. The average molecular weight is 262 g/mol. The Morgan fingerprint density at radius 1 is 1.47 bits per heavy atom. The van der Waals surface area contributed by atoms with Crippen LogP contribution in [0.3, 0.4) is 0 Å². The van der Waals surface area contributed by atoms with Crippen LogP contribution < -0.4 is 5.32 Å². The molecule has 1 saturated heterocycles. The summed E-state index contributed by atoms with van der Waals surface area (Å²) in [7, 11) is -3.19. The van der Waals surface area contributed by atoms with Gasteiger partial charge in [-0.2, -0.15) is 4.31 Å². The van der Waals surface area contributed by atoms with E-state index in [-0.39, 0.29) is 11.3 Å². The quantitative estimate of drug-likeness (QED) is 0.768. The van der Waals surface area contributed by atoms with Crippen LogP contribution >= 0.6 is 0 Å². The van der Waals surface area contributed by atoms with Crippen molar-refractivity contribution in [3.05, 3.63) is 0 Å². The summed E-state index contributed by atoms with van der Waals surface area (Å²) in [4.78, 5) is 0. The van der Waals surface area contributed by atoms with Gasteiger partial charge in [-0.05, 0) is 26.7 Å². The van der Waals surface area contributed by atoms with Crippen molar-refractivity contribution < 1.29 is 13.2 Å². The molecule has 6 heteroatoms. The predicted octanol–water partition coefficient (Wildman–Crippen LogP) is 0.177. The lowest BCUT2D eigenvalue weighted by molar-refractivity contribution is 0.0389. The van der Waals surface area contributed by atoms with Crippen molar-refractivity contribution in [2.24, 2.45) is 0 Å². The van der Waals surface area contributed by atoms with Crippen LogP contribution in [0, 0.1) is 0 Å². The van der Waals surface area contributed by atoms with Gasteiger partial charge in [0, 0.05) is 25.2 Å². The Balaban J connectivity index is 1.94. The number of morpholine rings is 1. The summed E-state index contributed by atoms with van der Waals surface area (Å²) in [5, 5.41) is 2.92. The number of nitrogens with zero attached hydrogens (tertiary/aromatic N) is 1. The molecule has 0 aromatic rings. The molecule has 1 saturated carbocycles. The van der Waals surface area contributed by atoms with Gasteiger partial charge in [0.15, 0.2) is 0 Å². The number of nitrogens with one attached hydrogen (secondary N) is 1. The van der Waals surface area contributed by atoms with Crippen LogP contribution in [0.4, 0.5) is 0 Å². The minimum atomic E-state index is -3.19. The Kier molecular flexibility index (Phi) is 4.07. The summed E-state index contributed by atoms with van der Waals surface area (Å²) in [5.74, 6) is 0. The fourth-order valence-corrected chi connectivity index (χ4v) is 3.71. The van der Waals surface area contributed by atoms with E-state index in [1.807, 2.05) is 6.92 Å². The van der Waals surface area contributed by atoms with Gasteiger partial charge < -0.3 is 10.1 Å². The van der Waals surface area contributed by atoms with E-state index in [4.69, 9.17) is 4.74 Å². The first-order chi connectivity index (χ1) is 8.01. The second-order valence-corrected chi connectivity index (χ2v) is 7.38. The molecule has 17 heavy (non-hydrogen) atoms. The molecule has 2 fully saturated rings. The van der Waals surface area contributed by atoms with Crippen LogP contribution in [-0.4, -0.2) is 56.4 Å². The third kappa shape index (κ3) is 3.19. The Hall–Kier alpha value is -0.170. The lowest BCUT2D eigenvalue weighted by atomic mass is 10.3. The van der Waals surface area contributed by atoms with E-state index < -0.39 is 10.0 Å². The largest absolute Gasteiger partial charge is 0.378 e. The molecular formula is C11H22N2O3S. The minimum absolute atomic E-state index is 0.0443. The Morgan fingerprint density at radius 2 is 2.18 bits per heavy atom. The molecule has 2 unspecified atom stereocenters. The highest BCUT2D eigenvalue weighted by molar-refractivity contribution is 7.89. The molecule has 0 aromatic heterocycles. The number of ether oxygens (including phenoxy) is 1. The third-order valence-corrected chi connectivity index (χ3v) is 5.79. The maximum absolute atomic E-state index is 12.4. The Labute approximate surface area is 104 Å². The zero-order chi connectivity index (χ0) is 12.5. The molecule has 1 N–H and O–H groups in total. The van der Waals surface area contributed by atoms with Gasteiger partial charge in [-0.3, -0.25) is 0 Å². The smallest absolute Gasteiger partial charge is 0.218 e. The molecule has 0 radical (unpaired) electrons. The topological polar surface area (TPSA) is 58.6 Å². The first-order valence-corrected chi connectivity index (χ1v) is 7.84. The first-order valence-electron chi connectivity index (χ1n) is 6.33. The fraction of sp³-hybridized carbons (Fsp3) is 1.00. The fourth-order valence-electron chi connectivity index (χ4n) is 2.05. The molecule has 5 nitrogen and oxygen atoms in total. The molecule has 0 spiro atoms. The van der Waals surface area contributed by atoms with E-state index in [1.54, 1.807) is 11.2 Å².